The lowest BCUT2D eigenvalue weighted by Gasteiger charge is -2.11. The molecule has 4 nitrogen and oxygen atoms in total. The summed E-state index contributed by atoms with van der Waals surface area (Å²) in [5.74, 6) is 0.769. The maximum Gasteiger partial charge on any atom is 0.151 e. The van der Waals surface area contributed by atoms with E-state index in [1.54, 1.807) is 6.33 Å². The van der Waals surface area contributed by atoms with Gasteiger partial charge >= 0.3 is 0 Å². The molecule has 0 aliphatic heterocycles. The highest BCUT2D eigenvalue weighted by Gasteiger charge is 2.09. The quantitative estimate of drug-likeness (QED) is 0.786. The highest BCUT2D eigenvalue weighted by Crippen LogP contribution is 2.19. The molecule has 1 aromatic heterocycles. The lowest BCUT2D eigenvalue weighted by atomic mass is 10.0. The van der Waals surface area contributed by atoms with Crippen LogP contribution in [0.25, 0.3) is 5.69 Å². The Bertz CT molecular complexity index is 688. The van der Waals surface area contributed by atoms with Crippen molar-refractivity contribution in [1.82, 2.24) is 14.8 Å². The molecule has 100 valence electrons. The molecule has 0 aliphatic carbocycles. The van der Waals surface area contributed by atoms with Gasteiger partial charge in [0, 0.05) is 0 Å². The molecule has 20 heavy (non-hydrogen) atoms. The summed E-state index contributed by atoms with van der Waals surface area (Å²) in [5, 5.41) is 8.00. The van der Waals surface area contributed by atoms with Gasteiger partial charge in [-0.3, -0.25) is 4.57 Å². The van der Waals surface area contributed by atoms with Crippen LogP contribution < -0.4 is 5.73 Å². The average molecular weight is 264 g/mol. The summed E-state index contributed by atoms with van der Waals surface area (Å²) in [4.78, 5) is 0. The monoisotopic (exact) mass is 264 g/mol. The first-order valence-corrected chi connectivity index (χ1v) is 6.59. The number of nitrogens with zero attached hydrogens (tertiary/aromatic N) is 3. The molecular formula is C16H16N4. The van der Waals surface area contributed by atoms with Crippen molar-refractivity contribution in [1.29, 1.82) is 0 Å². The lowest BCUT2D eigenvalue weighted by Crippen LogP contribution is -2.08. The summed E-state index contributed by atoms with van der Waals surface area (Å²) in [6.07, 6.45) is 2.59. The van der Waals surface area contributed by atoms with Crippen molar-refractivity contribution in [3.8, 4) is 5.69 Å². The van der Waals surface area contributed by atoms with Crippen molar-refractivity contribution < 1.29 is 0 Å². The van der Waals surface area contributed by atoms with E-state index in [0.29, 0.717) is 6.54 Å². The number of benzene rings is 2. The van der Waals surface area contributed by atoms with Crippen molar-refractivity contribution >= 4 is 0 Å². The van der Waals surface area contributed by atoms with Gasteiger partial charge in [-0.2, -0.15) is 0 Å². The molecule has 0 saturated carbocycles. The van der Waals surface area contributed by atoms with Gasteiger partial charge in [-0.05, 0) is 23.6 Å². The summed E-state index contributed by atoms with van der Waals surface area (Å²) in [6.45, 7) is 0.375. The van der Waals surface area contributed by atoms with Gasteiger partial charge in [0.15, 0.2) is 5.82 Å². The molecule has 0 aliphatic rings. The molecule has 0 unspecified atom stereocenters. The zero-order chi connectivity index (χ0) is 13.8. The van der Waals surface area contributed by atoms with Crippen LogP contribution in [-0.2, 0) is 13.0 Å². The number of hydrogen-bond acceptors (Lipinski definition) is 3. The number of rotatable bonds is 4. The Hall–Kier alpha value is -2.46. The van der Waals surface area contributed by atoms with Gasteiger partial charge in [0.25, 0.3) is 0 Å². The third-order valence-corrected chi connectivity index (χ3v) is 3.29. The van der Waals surface area contributed by atoms with Gasteiger partial charge in [-0.1, -0.05) is 48.5 Å². The summed E-state index contributed by atoms with van der Waals surface area (Å²) >= 11 is 0. The third-order valence-electron chi connectivity index (χ3n) is 3.29. The maximum absolute atomic E-state index is 5.71. The minimum atomic E-state index is 0.375. The van der Waals surface area contributed by atoms with E-state index < -0.39 is 0 Å². The fourth-order valence-corrected chi connectivity index (χ4v) is 2.31. The largest absolute Gasteiger partial charge is 0.324 e. The molecule has 0 saturated heterocycles. The second-order valence-electron chi connectivity index (χ2n) is 4.61. The van der Waals surface area contributed by atoms with Crippen molar-refractivity contribution in [2.75, 3.05) is 0 Å². The highest BCUT2D eigenvalue weighted by atomic mass is 15.3. The van der Waals surface area contributed by atoms with Crippen molar-refractivity contribution in [3.63, 3.8) is 0 Å². The lowest BCUT2D eigenvalue weighted by molar-refractivity contribution is 0.853. The van der Waals surface area contributed by atoms with Gasteiger partial charge in [-0.25, -0.2) is 0 Å². The third kappa shape index (κ3) is 2.46. The zero-order valence-electron chi connectivity index (χ0n) is 11.1. The summed E-state index contributed by atoms with van der Waals surface area (Å²) < 4.78 is 1.96. The first kappa shape index (κ1) is 12.6. The van der Waals surface area contributed by atoms with Crippen LogP contribution in [0.15, 0.2) is 60.9 Å². The Morgan fingerprint density at radius 1 is 0.950 bits per heavy atom. The predicted octanol–water partition coefficient (Wildman–Crippen LogP) is 2.32. The molecule has 3 rings (SSSR count). The standard InChI is InChI=1S/C16H16N4/c17-11-16-19-18-12-20(16)15-9-5-4-8-14(15)10-13-6-2-1-3-7-13/h1-9,12H,10-11,17H2. The molecule has 0 radical (unpaired) electrons. The van der Waals surface area contributed by atoms with Crippen LogP contribution >= 0.6 is 0 Å². The van der Waals surface area contributed by atoms with Gasteiger partial charge < -0.3 is 5.73 Å². The summed E-state index contributed by atoms with van der Waals surface area (Å²) in [6, 6.07) is 18.7. The Balaban J connectivity index is 2.01. The van der Waals surface area contributed by atoms with E-state index in [9.17, 15) is 0 Å². The van der Waals surface area contributed by atoms with E-state index in [0.717, 1.165) is 17.9 Å². The minimum Gasteiger partial charge on any atom is -0.324 e. The van der Waals surface area contributed by atoms with Crippen LogP contribution in [0.5, 0.6) is 0 Å². The molecule has 2 aromatic carbocycles. The normalized spacial score (nSPS) is 10.7. The van der Waals surface area contributed by atoms with Crippen LogP contribution in [-0.4, -0.2) is 14.8 Å². The van der Waals surface area contributed by atoms with Crippen LogP contribution in [0.1, 0.15) is 17.0 Å². The van der Waals surface area contributed by atoms with Gasteiger partial charge in [0.2, 0.25) is 0 Å². The van der Waals surface area contributed by atoms with Gasteiger partial charge in [0.1, 0.15) is 6.33 Å². The van der Waals surface area contributed by atoms with Crippen molar-refractivity contribution in [3.05, 3.63) is 77.9 Å². The van der Waals surface area contributed by atoms with Gasteiger partial charge in [-0.15, -0.1) is 10.2 Å². The molecule has 0 spiro atoms. The van der Waals surface area contributed by atoms with Crippen molar-refractivity contribution in [2.24, 2.45) is 5.73 Å². The van der Waals surface area contributed by atoms with Crippen LogP contribution in [0, 0.1) is 0 Å². The predicted molar refractivity (Wildman–Crippen MR) is 78.5 cm³/mol. The Labute approximate surface area is 117 Å². The number of aromatic nitrogens is 3. The second-order valence-corrected chi connectivity index (χ2v) is 4.61. The first-order chi connectivity index (χ1) is 9.88. The fraction of sp³-hybridized carbons (Fsp3) is 0.125. The van der Waals surface area contributed by atoms with E-state index in [2.05, 4.69) is 46.6 Å². The second kappa shape index (κ2) is 5.67. The Kier molecular flexibility index (Phi) is 3.56. The Morgan fingerprint density at radius 3 is 2.50 bits per heavy atom. The van der Waals surface area contributed by atoms with Crippen molar-refractivity contribution in [2.45, 2.75) is 13.0 Å². The zero-order valence-corrected chi connectivity index (χ0v) is 11.1. The first-order valence-electron chi connectivity index (χ1n) is 6.59. The average Bonchev–Trinajstić information content (AvgIpc) is 2.97. The van der Waals surface area contributed by atoms with E-state index in [1.165, 1.54) is 11.1 Å². The van der Waals surface area contributed by atoms with E-state index in [4.69, 9.17) is 5.73 Å². The summed E-state index contributed by atoms with van der Waals surface area (Å²) in [7, 11) is 0. The smallest absolute Gasteiger partial charge is 0.151 e. The van der Waals surface area contributed by atoms with Gasteiger partial charge in [0.05, 0.1) is 12.2 Å². The maximum atomic E-state index is 5.71. The molecule has 0 fully saturated rings. The SMILES string of the molecule is NCc1nncn1-c1ccccc1Cc1ccccc1. The molecule has 0 amide bonds. The van der Waals surface area contributed by atoms with E-state index >= 15 is 0 Å². The van der Waals surface area contributed by atoms with Crippen LogP contribution in [0.4, 0.5) is 0 Å². The molecule has 0 atom stereocenters. The topological polar surface area (TPSA) is 56.7 Å². The van der Waals surface area contributed by atoms with E-state index in [-0.39, 0.29) is 0 Å². The van der Waals surface area contributed by atoms with E-state index in [1.807, 2.05) is 22.8 Å². The molecule has 1 heterocycles. The number of nitrogens with two attached hydrogens (primary N) is 1. The van der Waals surface area contributed by atoms with Crippen LogP contribution in [0.2, 0.25) is 0 Å². The fourth-order valence-electron chi connectivity index (χ4n) is 2.31. The summed E-state index contributed by atoms with van der Waals surface area (Å²) in [5.41, 5.74) is 9.31. The number of para-hydroxylation sites is 1. The molecule has 2 N–H and O–H groups in total. The minimum absolute atomic E-state index is 0.375. The number of hydrogen-bond donors (Lipinski definition) is 1. The van der Waals surface area contributed by atoms with Crippen LogP contribution in [0.3, 0.4) is 0 Å². The highest BCUT2D eigenvalue weighted by molar-refractivity contribution is 5.44. The molecule has 0 bridgehead atoms. The molecule has 3 aromatic rings. The molecule has 4 heteroatoms. The Morgan fingerprint density at radius 2 is 1.70 bits per heavy atom. The molecular weight excluding hydrogens is 248 g/mol.